The lowest BCUT2D eigenvalue weighted by Gasteiger charge is -2.35. The Labute approximate surface area is 254 Å². The molecule has 0 saturated carbocycles. The molecule has 1 fully saturated rings. The highest BCUT2D eigenvalue weighted by atomic mass is 19.1. The summed E-state index contributed by atoms with van der Waals surface area (Å²) in [4.78, 5) is 40.3. The number of fused-ring (bicyclic) bond motifs is 1. The number of aromatic nitrogens is 1. The quantitative estimate of drug-likeness (QED) is 0.293. The highest BCUT2D eigenvalue weighted by molar-refractivity contribution is 6.00. The van der Waals surface area contributed by atoms with Gasteiger partial charge in [0.2, 0.25) is 0 Å². The van der Waals surface area contributed by atoms with Crippen LogP contribution in [-0.4, -0.2) is 53.4 Å². The van der Waals surface area contributed by atoms with Crippen LogP contribution in [0.15, 0.2) is 59.4 Å². The van der Waals surface area contributed by atoms with Crippen molar-refractivity contribution in [3.8, 4) is 11.1 Å². The number of halogens is 2. The van der Waals surface area contributed by atoms with Crippen LogP contribution >= 0.6 is 0 Å². The van der Waals surface area contributed by atoms with E-state index in [-0.39, 0.29) is 31.1 Å². The number of carbonyl (C=O) groups excluding carboxylic acids is 1. The predicted molar refractivity (Wildman–Crippen MR) is 167 cm³/mol. The molecule has 1 aliphatic rings. The van der Waals surface area contributed by atoms with Crippen molar-refractivity contribution in [3.05, 3.63) is 99.0 Å². The van der Waals surface area contributed by atoms with Gasteiger partial charge in [-0.2, -0.15) is 0 Å². The van der Waals surface area contributed by atoms with Crippen molar-refractivity contribution >= 4 is 28.3 Å². The van der Waals surface area contributed by atoms with Gasteiger partial charge in [0.05, 0.1) is 18.8 Å². The number of anilines is 1. The second-order valence-electron chi connectivity index (χ2n) is 11.0. The van der Waals surface area contributed by atoms with E-state index in [0.717, 1.165) is 28.8 Å². The number of aryl methyl sites for hydroxylation is 2. The Balaban J connectivity index is 0.00000442. The van der Waals surface area contributed by atoms with E-state index in [1.54, 1.807) is 34.7 Å². The van der Waals surface area contributed by atoms with Crippen molar-refractivity contribution in [3.63, 3.8) is 0 Å². The zero-order valence-corrected chi connectivity index (χ0v) is 24.4. The zero-order chi connectivity index (χ0) is 31.0. The van der Waals surface area contributed by atoms with E-state index < -0.39 is 35.1 Å². The monoisotopic (exact) mass is 605 g/mol. The van der Waals surface area contributed by atoms with Crippen LogP contribution < -0.4 is 15.8 Å². The number of ether oxygens (including phenoxy) is 1. The van der Waals surface area contributed by atoms with Gasteiger partial charge in [-0.15, -0.1) is 0 Å². The maximum atomic E-state index is 15.1. The fourth-order valence-electron chi connectivity index (χ4n) is 5.77. The first-order valence-electron chi connectivity index (χ1n) is 14.0. The molecule has 232 valence electrons. The minimum Gasteiger partial charge on any atom is -0.480 e. The minimum atomic E-state index is -1.48. The largest absolute Gasteiger partial charge is 0.480 e. The summed E-state index contributed by atoms with van der Waals surface area (Å²) in [7, 11) is 1.71. The topological polar surface area (TPSA) is 101 Å². The van der Waals surface area contributed by atoms with Gasteiger partial charge in [-0.25, -0.2) is 13.6 Å². The van der Waals surface area contributed by atoms with E-state index in [1.165, 1.54) is 0 Å². The van der Waals surface area contributed by atoms with Gasteiger partial charge in [0.25, 0.3) is 11.5 Å². The van der Waals surface area contributed by atoms with Gasteiger partial charge in [-0.05, 0) is 66.4 Å². The molecular weight excluding hydrogens is 568 g/mol. The van der Waals surface area contributed by atoms with Crippen molar-refractivity contribution in [1.82, 2.24) is 9.88 Å². The van der Waals surface area contributed by atoms with E-state index >= 15 is 8.78 Å². The molecule has 2 N–H and O–H groups in total. The smallest absolute Gasteiger partial charge is 0.326 e. The van der Waals surface area contributed by atoms with Crippen LogP contribution in [0.2, 0.25) is 0 Å². The average molecular weight is 606 g/mol. The third kappa shape index (κ3) is 6.07. The number of benzene rings is 3. The number of nitrogens with zero attached hydrogens (tertiary/aromatic N) is 2. The van der Waals surface area contributed by atoms with Gasteiger partial charge in [0.15, 0.2) is 0 Å². The number of carboxylic acid groups (broad SMARTS) is 1. The van der Waals surface area contributed by atoms with Gasteiger partial charge in [0.1, 0.15) is 23.2 Å². The minimum absolute atomic E-state index is 0. The van der Waals surface area contributed by atoms with Crippen LogP contribution in [0.4, 0.5) is 14.5 Å². The van der Waals surface area contributed by atoms with Crippen LogP contribution in [-0.2, 0) is 23.0 Å². The van der Waals surface area contributed by atoms with Gasteiger partial charge in [0, 0.05) is 37.4 Å². The van der Waals surface area contributed by atoms with Crippen LogP contribution in [0.25, 0.3) is 21.9 Å². The summed E-state index contributed by atoms with van der Waals surface area (Å²) in [5, 5.41) is 13.7. The fourth-order valence-corrected chi connectivity index (χ4v) is 5.77. The molecule has 0 bridgehead atoms. The molecular formula is C34H37F2N3O5. The van der Waals surface area contributed by atoms with Crippen molar-refractivity contribution < 1.29 is 28.2 Å². The van der Waals surface area contributed by atoms with Crippen molar-refractivity contribution in [2.75, 3.05) is 24.7 Å². The lowest BCUT2D eigenvalue weighted by Crippen LogP contribution is -2.44. The molecule has 10 heteroatoms. The molecule has 0 unspecified atom stereocenters. The number of nitrogens with one attached hydrogen (secondary N) is 1. The highest BCUT2D eigenvalue weighted by Gasteiger charge is 2.28. The molecule has 2 atom stereocenters. The second-order valence-corrected chi connectivity index (χ2v) is 11.0. The second kappa shape index (κ2) is 13.0. The van der Waals surface area contributed by atoms with Gasteiger partial charge in [-0.1, -0.05) is 43.8 Å². The number of hydrogen-bond donors (Lipinski definition) is 2. The third-order valence-corrected chi connectivity index (χ3v) is 8.13. The molecule has 8 nitrogen and oxygen atoms in total. The molecule has 0 radical (unpaired) electrons. The van der Waals surface area contributed by atoms with Crippen LogP contribution in [0, 0.1) is 25.5 Å². The van der Waals surface area contributed by atoms with Gasteiger partial charge in [-0.3, -0.25) is 9.59 Å². The van der Waals surface area contributed by atoms with Gasteiger partial charge >= 0.3 is 5.97 Å². The maximum absolute atomic E-state index is 15.1. The third-order valence-electron chi connectivity index (χ3n) is 8.13. The van der Waals surface area contributed by atoms with Crippen LogP contribution in [0.5, 0.6) is 0 Å². The Bertz CT molecular complexity index is 1780. The number of hydrogen-bond acceptors (Lipinski definition) is 5. The summed E-state index contributed by atoms with van der Waals surface area (Å²) in [5.74, 6) is -4.69. The number of morpholine rings is 1. The zero-order valence-electron chi connectivity index (χ0n) is 24.4. The number of rotatable bonds is 7. The van der Waals surface area contributed by atoms with Gasteiger partial charge < -0.3 is 24.6 Å². The SMILES string of the molecule is C.Cc1cc(C)n(C)c(=O)c1-c1ccc(C[C@H](NC(=O)c2c(F)cc(N3CCOC[C@@H]3C)cc2F)C(=O)O)c2ccccc12. The standard InChI is InChI=1S/C33H33F2N3O5.CH4/c1-18-13-19(2)37(4)32(40)29(18)25-10-9-21(23-7-5-6-8-24(23)25)14-28(33(41)42)36-31(39)30-26(34)15-22(16-27(30)35)38-11-12-43-17-20(38)3;/h5-10,13,15-16,20,28H,11-12,14,17H2,1-4H3,(H,36,39)(H,41,42);1H4/t20-,28-;/m0./s1. The average Bonchev–Trinajstić information content (AvgIpc) is 2.96. The van der Waals surface area contributed by atoms with E-state index in [4.69, 9.17) is 4.74 Å². The Morgan fingerprint density at radius 1 is 1.07 bits per heavy atom. The summed E-state index contributed by atoms with van der Waals surface area (Å²) in [6.45, 7) is 6.85. The maximum Gasteiger partial charge on any atom is 0.326 e. The molecule has 1 saturated heterocycles. The van der Waals surface area contributed by atoms with Crippen LogP contribution in [0.1, 0.15) is 41.5 Å². The van der Waals surface area contributed by atoms with E-state index in [1.807, 2.05) is 45.0 Å². The fraction of sp³-hybridized carbons (Fsp3) is 0.324. The number of carboxylic acids is 1. The lowest BCUT2D eigenvalue weighted by molar-refractivity contribution is -0.139. The van der Waals surface area contributed by atoms with E-state index in [0.29, 0.717) is 41.8 Å². The number of amides is 1. The molecule has 1 aromatic heterocycles. The van der Waals surface area contributed by atoms with E-state index in [9.17, 15) is 19.5 Å². The Morgan fingerprint density at radius 3 is 2.36 bits per heavy atom. The highest BCUT2D eigenvalue weighted by Crippen LogP contribution is 2.32. The summed E-state index contributed by atoms with van der Waals surface area (Å²) < 4.78 is 37.2. The van der Waals surface area contributed by atoms with Crippen LogP contribution in [0.3, 0.4) is 0 Å². The summed E-state index contributed by atoms with van der Waals surface area (Å²) in [6, 6.07) is 13.3. The number of aliphatic carboxylic acids is 1. The number of pyridine rings is 1. The van der Waals surface area contributed by atoms with Crippen molar-refractivity contribution in [2.24, 2.45) is 7.05 Å². The summed E-state index contributed by atoms with van der Waals surface area (Å²) >= 11 is 0. The predicted octanol–water partition coefficient (Wildman–Crippen LogP) is 5.39. The Kier molecular flexibility index (Phi) is 9.53. The molecule has 1 aliphatic heterocycles. The number of carbonyl (C=O) groups is 2. The molecule has 0 aliphatic carbocycles. The summed E-state index contributed by atoms with van der Waals surface area (Å²) in [6.07, 6.45) is -0.153. The molecule has 4 aromatic rings. The first-order valence-corrected chi connectivity index (χ1v) is 14.0. The molecule has 44 heavy (non-hydrogen) atoms. The van der Waals surface area contributed by atoms with E-state index in [2.05, 4.69) is 5.32 Å². The van der Waals surface area contributed by atoms with Crippen molar-refractivity contribution in [2.45, 2.75) is 46.7 Å². The molecule has 1 amide bonds. The molecule has 3 aromatic carbocycles. The molecule has 0 spiro atoms. The first-order chi connectivity index (χ1) is 20.5. The Morgan fingerprint density at radius 2 is 1.73 bits per heavy atom. The van der Waals surface area contributed by atoms with Crippen molar-refractivity contribution in [1.29, 1.82) is 0 Å². The molecule has 2 heterocycles. The summed E-state index contributed by atoms with van der Waals surface area (Å²) in [5.41, 5.74) is 2.75. The molecule has 5 rings (SSSR count). The normalized spacial score (nSPS) is 15.5. The lowest BCUT2D eigenvalue weighted by atomic mass is 9.91. The first kappa shape index (κ1) is 32.3. The Hall–Kier alpha value is -4.57.